The zero-order valence-electron chi connectivity index (χ0n) is 28.2. The summed E-state index contributed by atoms with van der Waals surface area (Å²) >= 11 is 0. The Morgan fingerprint density at radius 3 is 1.00 bits per heavy atom. The van der Waals surface area contributed by atoms with Gasteiger partial charge in [0.05, 0.1) is 22.2 Å². The van der Waals surface area contributed by atoms with Crippen LogP contribution in [0.3, 0.4) is 0 Å². The van der Waals surface area contributed by atoms with Gasteiger partial charge in [0.25, 0.3) is 0 Å². The Morgan fingerprint density at radius 1 is 0.423 bits per heavy atom. The summed E-state index contributed by atoms with van der Waals surface area (Å²) in [6, 6.07) is 34.0. The smallest absolute Gasteiger partial charge is 0.253 e. The maximum Gasteiger partial charge on any atom is 0.416 e. The number of nitrogens with zero attached hydrogens (tertiary/aromatic N) is 2. The number of halogens is 6. The summed E-state index contributed by atoms with van der Waals surface area (Å²) in [5.74, 6) is 0. The van der Waals surface area contributed by atoms with Crippen LogP contribution in [0.5, 0.6) is 0 Å². The van der Waals surface area contributed by atoms with Crippen LogP contribution >= 0.6 is 13.8 Å². The first-order valence-electron chi connectivity index (χ1n) is 16.2. The van der Waals surface area contributed by atoms with Gasteiger partial charge in [-0.2, -0.15) is 26.3 Å². The minimum atomic E-state index is -4.55. The summed E-state index contributed by atoms with van der Waals surface area (Å²) in [6.45, 7) is -1.25. The Balaban J connectivity index is 1.37. The normalized spacial score (nSPS) is 12.8. The van der Waals surface area contributed by atoms with Crippen molar-refractivity contribution in [3.05, 3.63) is 156 Å². The van der Waals surface area contributed by atoms with E-state index in [4.69, 9.17) is 16.3 Å². The minimum Gasteiger partial charge on any atom is -0.253 e. The first-order valence-corrected chi connectivity index (χ1v) is 20.2. The largest absolute Gasteiger partial charge is 0.416 e. The van der Waals surface area contributed by atoms with Crippen LogP contribution in [0, 0.1) is 13.8 Å². The van der Waals surface area contributed by atoms with Crippen molar-refractivity contribution in [3.63, 3.8) is 0 Å². The Kier molecular flexibility index (Phi) is 8.84. The summed E-state index contributed by atoms with van der Waals surface area (Å²) in [5, 5.41) is 6.33. The van der Waals surface area contributed by atoms with Gasteiger partial charge in [-0.05, 0) is 85.2 Å². The Bertz CT molecular complexity index is 2430. The van der Waals surface area contributed by atoms with Crippen LogP contribution in [0.1, 0.15) is 22.3 Å². The zero-order chi connectivity index (χ0) is 37.1. The molecule has 0 fully saturated rings. The fourth-order valence-electron chi connectivity index (χ4n) is 6.49. The number of fused-ring (bicyclic) bond motifs is 3. The second-order valence-corrected chi connectivity index (χ2v) is 19.3. The van der Waals surface area contributed by atoms with Crippen LogP contribution < -0.4 is 31.8 Å². The van der Waals surface area contributed by atoms with Gasteiger partial charge in [-0.25, -0.2) is 0 Å². The van der Waals surface area contributed by atoms with Crippen LogP contribution in [0.4, 0.5) is 26.3 Å². The molecule has 5 aromatic carbocycles. The second kappa shape index (κ2) is 12.9. The highest BCUT2D eigenvalue weighted by Crippen LogP contribution is 2.45. The highest BCUT2D eigenvalue weighted by atomic mass is 31.2. The fraction of sp³-hybridized carbons (Fsp3) is 0.0952. The third kappa shape index (κ3) is 6.29. The minimum absolute atomic E-state index is 0.466. The van der Waals surface area contributed by atoms with E-state index < -0.39 is 37.3 Å². The number of hydrogen-bond acceptors (Lipinski definition) is 2. The molecule has 7 aromatic rings. The molecule has 2 nitrogen and oxygen atoms in total. The Morgan fingerprint density at radius 2 is 0.712 bits per heavy atom. The van der Waals surface area contributed by atoms with Crippen molar-refractivity contribution in [1.29, 1.82) is 0 Å². The van der Waals surface area contributed by atoms with Gasteiger partial charge < -0.3 is 0 Å². The number of aryl methyl sites for hydroxylation is 2. The average Bonchev–Trinajstić information content (AvgIpc) is 3.13. The van der Waals surface area contributed by atoms with Crippen molar-refractivity contribution in [2.45, 2.75) is 26.2 Å². The van der Waals surface area contributed by atoms with E-state index in [2.05, 4.69) is 60.9 Å². The molecule has 0 saturated carbocycles. The molecule has 7 rings (SSSR count). The van der Waals surface area contributed by atoms with E-state index in [1.807, 2.05) is 38.2 Å². The molecular weight excluding hydrogens is 708 g/mol. The molecule has 0 spiro atoms. The van der Waals surface area contributed by atoms with Gasteiger partial charge in [0.15, 0.2) is 0 Å². The van der Waals surface area contributed by atoms with Gasteiger partial charge in [0.2, 0.25) is 0 Å². The second-order valence-electron chi connectivity index (χ2n) is 13.0. The summed E-state index contributed by atoms with van der Waals surface area (Å²) < 4.78 is 80.9. The van der Waals surface area contributed by atoms with E-state index in [-0.39, 0.29) is 0 Å². The van der Waals surface area contributed by atoms with Crippen LogP contribution in [-0.2, 0) is 12.4 Å². The SMILES string of the molecule is C=P(c1ccc(C)cc1)(c1ccc(C)cc1)c1cnc2c(ccc3cc(P(=C)(c4ccc(C(F)(F)F)cc4)c4ccc(C(F)(F)F)cc4)cnc32)c1. The maximum absolute atomic E-state index is 13.5. The quantitative estimate of drug-likeness (QED) is 0.0968. The zero-order valence-corrected chi connectivity index (χ0v) is 30.0. The lowest BCUT2D eigenvalue weighted by Gasteiger charge is -2.27. The van der Waals surface area contributed by atoms with Gasteiger partial charge in [-0.15, -0.1) is 0 Å². The van der Waals surface area contributed by atoms with Crippen molar-refractivity contribution in [1.82, 2.24) is 9.97 Å². The molecule has 0 bridgehead atoms. The van der Waals surface area contributed by atoms with Gasteiger partial charge in [0.1, 0.15) is 0 Å². The number of rotatable bonds is 6. The number of hydrogen-bond donors (Lipinski definition) is 0. The molecule has 0 aliphatic rings. The lowest BCUT2D eigenvalue weighted by molar-refractivity contribution is -0.138. The highest BCUT2D eigenvalue weighted by molar-refractivity contribution is 7.93. The van der Waals surface area contributed by atoms with E-state index in [0.29, 0.717) is 32.3 Å². The summed E-state index contributed by atoms with van der Waals surface area (Å²) in [6.07, 6.45) is 3.77. The lowest BCUT2D eigenvalue weighted by Crippen LogP contribution is -2.26. The first kappa shape index (κ1) is 35.5. The monoisotopic (exact) mass is 740 g/mol. The molecular formula is C42H32F6N2P2. The van der Waals surface area contributed by atoms with Gasteiger partial charge in [0, 0.05) is 33.8 Å². The molecule has 0 amide bonds. The van der Waals surface area contributed by atoms with E-state index >= 15 is 0 Å². The number of pyridine rings is 2. The average molecular weight is 741 g/mol. The predicted octanol–water partition coefficient (Wildman–Crippen LogP) is 8.89. The van der Waals surface area contributed by atoms with E-state index in [1.165, 1.54) is 24.3 Å². The van der Waals surface area contributed by atoms with Crippen molar-refractivity contribution < 1.29 is 26.3 Å². The van der Waals surface area contributed by atoms with Crippen LogP contribution in [0.25, 0.3) is 21.8 Å². The Labute approximate surface area is 297 Å². The van der Waals surface area contributed by atoms with Gasteiger partial charge in [-0.1, -0.05) is 109 Å². The lowest BCUT2D eigenvalue weighted by atomic mass is 10.1. The molecule has 0 radical (unpaired) electrons. The van der Waals surface area contributed by atoms with E-state index in [9.17, 15) is 26.3 Å². The van der Waals surface area contributed by atoms with Crippen molar-refractivity contribution in [2.75, 3.05) is 0 Å². The van der Waals surface area contributed by atoms with Crippen LogP contribution in [-0.4, -0.2) is 22.6 Å². The summed E-state index contributed by atoms with van der Waals surface area (Å²) in [4.78, 5) is 9.77. The van der Waals surface area contributed by atoms with Crippen LogP contribution in [0.15, 0.2) is 134 Å². The number of alkyl halides is 6. The molecule has 52 heavy (non-hydrogen) atoms. The third-order valence-electron chi connectivity index (χ3n) is 9.57. The highest BCUT2D eigenvalue weighted by Gasteiger charge is 2.33. The fourth-order valence-corrected chi connectivity index (χ4v) is 12.1. The molecule has 0 aliphatic carbocycles. The molecule has 0 aliphatic heterocycles. The molecule has 262 valence electrons. The third-order valence-corrected chi connectivity index (χ3v) is 16.5. The Hall–Kier alpha value is -4.90. The topological polar surface area (TPSA) is 25.8 Å². The predicted molar refractivity (Wildman–Crippen MR) is 208 cm³/mol. The standard InChI is InChI=1S/C42H32F6N2P2/c1-27-5-15-33(16-6-27)51(3,34-17-7-28(2)8-18-34)37-23-29-9-10-30-24-38(26-50-40(30)39(29)49-25-37)52(4,35-19-11-31(12-20-35)41(43,44)45)36-21-13-32(14-22-36)42(46,47)48/h5-26H,3-4H2,1-2H3. The van der Waals surface area contributed by atoms with E-state index in [1.54, 1.807) is 6.20 Å². The molecule has 0 saturated heterocycles. The van der Waals surface area contributed by atoms with Crippen molar-refractivity contribution in [3.8, 4) is 0 Å². The first-order chi connectivity index (χ1) is 24.6. The molecule has 2 aromatic heterocycles. The maximum atomic E-state index is 13.5. The molecule has 10 heteroatoms. The van der Waals surface area contributed by atoms with Gasteiger partial charge in [-0.3, -0.25) is 9.97 Å². The van der Waals surface area contributed by atoms with Crippen molar-refractivity contribution in [2.24, 2.45) is 0 Å². The van der Waals surface area contributed by atoms with Crippen molar-refractivity contribution >= 4 is 80.0 Å². The number of aromatic nitrogens is 2. The molecule has 0 unspecified atom stereocenters. The summed E-state index contributed by atoms with van der Waals surface area (Å²) in [7, 11) is 0. The molecule has 0 N–H and O–H groups in total. The van der Waals surface area contributed by atoms with E-state index in [0.717, 1.165) is 56.7 Å². The molecule has 2 heterocycles. The number of benzene rings is 5. The van der Waals surface area contributed by atoms with Crippen LogP contribution in [0.2, 0.25) is 0 Å². The molecule has 0 atom stereocenters. The van der Waals surface area contributed by atoms with Gasteiger partial charge >= 0.3 is 12.4 Å². The summed E-state index contributed by atoms with van der Waals surface area (Å²) in [5.41, 5.74) is 1.91.